The second kappa shape index (κ2) is 5.68. The minimum atomic E-state index is -0.391. The molecule has 0 fully saturated rings. The molecule has 1 heterocycles. The molecule has 1 N–H and O–H groups in total. The summed E-state index contributed by atoms with van der Waals surface area (Å²) in [5.41, 5.74) is 2.54. The number of nitrogens with zero attached hydrogens (tertiary/aromatic N) is 1. The topological polar surface area (TPSA) is 51.2 Å². The third-order valence-corrected chi connectivity index (χ3v) is 1.77. The number of hydroxylamine groups is 1. The van der Waals surface area contributed by atoms with Gasteiger partial charge < -0.3 is 0 Å². The minimum absolute atomic E-state index is 0.242. The van der Waals surface area contributed by atoms with Crippen molar-refractivity contribution in [1.82, 2.24) is 10.5 Å². The van der Waals surface area contributed by atoms with Crippen LogP contribution in [0.3, 0.4) is 0 Å². The number of halogens is 1. The van der Waals surface area contributed by atoms with Crippen LogP contribution in [0.15, 0.2) is 18.3 Å². The van der Waals surface area contributed by atoms with Gasteiger partial charge in [-0.3, -0.25) is 14.6 Å². The average molecular weight is 229 g/mol. The van der Waals surface area contributed by atoms with E-state index in [9.17, 15) is 4.79 Å². The van der Waals surface area contributed by atoms with Crippen LogP contribution in [0, 0.1) is 5.92 Å². The van der Waals surface area contributed by atoms with Crippen molar-refractivity contribution in [2.45, 2.75) is 13.8 Å². The Labute approximate surface area is 93.6 Å². The van der Waals surface area contributed by atoms with Crippen molar-refractivity contribution in [3.05, 3.63) is 29.0 Å². The molecule has 5 heteroatoms. The van der Waals surface area contributed by atoms with Crippen LogP contribution in [0.2, 0.25) is 5.02 Å². The van der Waals surface area contributed by atoms with E-state index in [0.29, 0.717) is 17.5 Å². The molecule has 0 radical (unpaired) electrons. The van der Waals surface area contributed by atoms with Gasteiger partial charge in [-0.1, -0.05) is 25.4 Å². The normalized spacial score (nSPS) is 10.4. The largest absolute Gasteiger partial charge is 0.293 e. The smallest absolute Gasteiger partial charge is 0.273 e. The van der Waals surface area contributed by atoms with Crippen LogP contribution < -0.4 is 5.48 Å². The van der Waals surface area contributed by atoms with Crippen molar-refractivity contribution in [1.29, 1.82) is 0 Å². The monoisotopic (exact) mass is 228 g/mol. The standard InChI is InChI=1S/C10H13ClN2O2/c1-7(2)6-15-13-10(14)9-5-8(11)3-4-12-9/h3-5,7H,6H2,1-2H3,(H,13,14). The Balaban J connectivity index is 2.47. The Hall–Kier alpha value is -1.13. The zero-order valence-corrected chi connectivity index (χ0v) is 9.41. The molecule has 0 spiro atoms. The molecule has 0 aliphatic heterocycles. The zero-order valence-electron chi connectivity index (χ0n) is 8.66. The van der Waals surface area contributed by atoms with Crippen molar-refractivity contribution in [2.75, 3.05) is 6.61 Å². The molecule has 0 bridgehead atoms. The lowest BCUT2D eigenvalue weighted by atomic mass is 10.2. The molecule has 1 aromatic rings. The number of hydrogen-bond donors (Lipinski definition) is 1. The Morgan fingerprint density at radius 1 is 1.67 bits per heavy atom. The van der Waals surface area contributed by atoms with E-state index < -0.39 is 5.91 Å². The zero-order chi connectivity index (χ0) is 11.3. The van der Waals surface area contributed by atoms with E-state index in [2.05, 4.69) is 10.5 Å². The molecule has 0 unspecified atom stereocenters. The highest BCUT2D eigenvalue weighted by molar-refractivity contribution is 6.30. The maximum absolute atomic E-state index is 11.4. The van der Waals surface area contributed by atoms with Crippen LogP contribution in [0.1, 0.15) is 24.3 Å². The number of rotatable bonds is 4. The van der Waals surface area contributed by atoms with Gasteiger partial charge in [0.2, 0.25) is 0 Å². The number of carbonyl (C=O) groups excluding carboxylic acids is 1. The van der Waals surface area contributed by atoms with Gasteiger partial charge in [0.1, 0.15) is 5.69 Å². The highest BCUT2D eigenvalue weighted by Crippen LogP contribution is 2.07. The lowest BCUT2D eigenvalue weighted by Gasteiger charge is -2.07. The summed E-state index contributed by atoms with van der Waals surface area (Å²) < 4.78 is 0. The molecule has 82 valence electrons. The summed E-state index contributed by atoms with van der Waals surface area (Å²) in [5.74, 6) is -0.0317. The maximum atomic E-state index is 11.4. The van der Waals surface area contributed by atoms with Crippen molar-refractivity contribution in [3.8, 4) is 0 Å². The predicted octanol–water partition coefficient (Wildman–Crippen LogP) is 2.05. The van der Waals surface area contributed by atoms with E-state index in [1.807, 2.05) is 13.8 Å². The highest BCUT2D eigenvalue weighted by atomic mass is 35.5. The molecular formula is C10H13ClN2O2. The number of carbonyl (C=O) groups is 1. The van der Waals surface area contributed by atoms with E-state index in [1.54, 1.807) is 6.07 Å². The first kappa shape index (κ1) is 11.9. The SMILES string of the molecule is CC(C)CONC(=O)c1cc(Cl)ccn1. The van der Waals surface area contributed by atoms with E-state index >= 15 is 0 Å². The number of pyridine rings is 1. The lowest BCUT2D eigenvalue weighted by molar-refractivity contribution is 0.0205. The molecule has 0 atom stereocenters. The summed E-state index contributed by atoms with van der Waals surface area (Å²) in [6.45, 7) is 4.44. The second-order valence-corrected chi connectivity index (χ2v) is 3.93. The van der Waals surface area contributed by atoms with Crippen LogP contribution in [0.25, 0.3) is 0 Å². The molecule has 1 aromatic heterocycles. The summed E-state index contributed by atoms with van der Waals surface area (Å²) in [6, 6.07) is 3.09. The lowest BCUT2D eigenvalue weighted by Crippen LogP contribution is -2.26. The van der Waals surface area contributed by atoms with Crippen molar-refractivity contribution in [3.63, 3.8) is 0 Å². The minimum Gasteiger partial charge on any atom is -0.273 e. The summed E-state index contributed by atoms with van der Waals surface area (Å²) in [4.78, 5) is 20.3. The first-order chi connectivity index (χ1) is 7.09. The van der Waals surface area contributed by atoms with Crippen LogP contribution in [-0.4, -0.2) is 17.5 Å². The summed E-state index contributed by atoms with van der Waals surface area (Å²) in [6.07, 6.45) is 1.47. The van der Waals surface area contributed by atoms with Gasteiger partial charge in [-0.15, -0.1) is 0 Å². The van der Waals surface area contributed by atoms with E-state index in [0.717, 1.165) is 0 Å². The Morgan fingerprint density at radius 3 is 3.00 bits per heavy atom. The molecule has 0 aromatic carbocycles. The number of nitrogens with one attached hydrogen (secondary N) is 1. The molecule has 0 saturated heterocycles. The number of aromatic nitrogens is 1. The molecule has 15 heavy (non-hydrogen) atoms. The third-order valence-electron chi connectivity index (χ3n) is 1.54. The van der Waals surface area contributed by atoms with Crippen LogP contribution in [-0.2, 0) is 4.84 Å². The molecule has 0 aliphatic carbocycles. The highest BCUT2D eigenvalue weighted by Gasteiger charge is 2.07. The van der Waals surface area contributed by atoms with Gasteiger partial charge >= 0.3 is 0 Å². The number of amides is 1. The summed E-state index contributed by atoms with van der Waals surface area (Å²) in [7, 11) is 0. The van der Waals surface area contributed by atoms with Gasteiger partial charge in [0.25, 0.3) is 5.91 Å². The van der Waals surface area contributed by atoms with Gasteiger partial charge in [0.15, 0.2) is 0 Å². The van der Waals surface area contributed by atoms with Gasteiger partial charge in [-0.25, -0.2) is 5.48 Å². The van der Waals surface area contributed by atoms with Crippen LogP contribution in [0.5, 0.6) is 0 Å². The third kappa shape index (κ3) is 4.27. The van der Waals surface area contributed by atoms with Crippen molar-refractivity contribution in [2.24, 2.45) is 5.92 Å². The van der Waals surface area contributed by atoms with Crippen LogP contribution in [0.4, 0.5) is 0 Å². The van der Waals surface area contributed by atoms with Crippen molar-refractivity contribution < 1.29 is 9.63 Å². The molecule has 1 amide bonds. The molecular weight excluding hydrogens is 216 g/mol. The quantitative estimate of drug-likeness (QED) is 0.803. The van der Waals surface area contributed by atoms with E-state index in [1.165, 1.54) is 12.3 Å². The molecule has 1 rings (SSSR count). The Kier molecular flexibility index (Phi) is 4.52. The van der Waals surface area contributed by atoms with E-state index in [4.69, 9.17) is 16.4 Å². The first-order valence-corrected chi connectivity index (χ1v) is 5.01. The second-order valence-electron chi connectivity index (χ2n) is 3.50. The predicted molar refractivity (Wildman–Crippen MR) is 57.5 cm³/mol. The van der Waals surface area contributed by atoms with Gasteiger partial charge in [-0.2, -0.15) is 0 Å². The molecule has 4 nitrogen and oxygen atoms in total. The van der Waals surface area contributed by atoms with Crippen molar-refractivity contribution >= 4 is 17.5 Å². The summed E-state index contributed by atoms with van der Waals surface area (Å²) >= 11 is 5.71. The average Bonchev–Trinajstić information content (AvgIpc) is 2.17. The van der Waals surface area contributed by atoms with Gasteiger partial charge in [0.05, 0.1) is 6.61 Å². The first-order valence-electron chi connectivity index (χ1n) is 4.63. The van der Waals surface area contributed by atoms with Gasteiger partial charge in [0, 0.05) is 11.2 Å². The Bertz CT molecular complexity index is 342. The molecule has 0 saturated carbocycles. The van der Waals surface area contributed by atoms with Gasteiger partial charge in [-0.05, 0) is 18.1 Å². The molecule has 0 aliphatic rings. The van der Waals surface area contributed by atoms with E-state index in [-0.39, 0.29) is 5.69 Å². The fourth-order valence-electron chi connectivity index (χ4n) is 0.855. The fraction of sp³-hybridized carbons (Fsp3) is 0.400. The summed E-state index contributed by atoms with van der Waals surface area (Å²) in [5, 5.41) is 0.471. The fourth-order valence-corrected chi connectivity index (χ4v) is 1.01. The maximum Gasteiger partial charge on any atom is 0.293 e. The van der Waals surface area contributed by atoms with Crippen LogP contribution >= 0.6 is 11.6 Å². The Morgan fingerprint density at radius 2 is 2.40 bits per heavy atom. The number of hydrogen-bond acceptors (Lipinski definition) is 3.